The number of ether oxygens (including phenoxy) is 2. The van der Waals surface area contributed by atoms with Gasteiger partial charge in [-0.25, -0.2) is 5.26 Å². The predicted octanol–water partition coefficient (Wildman–Crippen LogP) is 3.40. The van der Waals surface area contributed by atoms with E-state index in [1.54, 1.807) is 12.1 Å². The first-order valence-electron chi connectivity index (χ1n) is 7.39. The molecule has 0 unspecified atom stereocenters. The highest BCUT2D eigenvalue weighted by molar-refractivity contribution is 5.75. The van der Waals surface area contributed by atoms with Crippen LogP contribution in [0, 0.1) is 0 Å². The number of hydrogen-bond acceptors (Lipinski definition) is 5. The van der Waals surface area contributed by atoms with Gasteiger partial charge in [0, 0.05) is 5.56 Å². The number of esters is 1. The third-order valence-electron chi connectivity index (χ3n) is 3.60. The summed E-state index contributed by atoms with van der Waals surface area (Å²) >= 11 is 0. The zero-order valence-corrected chi connectivity index (χ0v) is 13.2. The van der Waals surface area contributed by atoms with Gasteiger partial charge >= 0.3 is 5.97 Å². The van der Waals surface area contributed by atoms with Crippen LogP contribution in [0.4, 0.5) is 0 Å². The monoisotopic (exact) mass is 316 g/mol. The Morgan fingerprint density at radius 1 is 1.17 bits per heavy atom. The number of benzene rings is 2. The van der Waals surface area contributed by atoms with Gasteiger partial charge in [-0.2, -0.15) is 0 Å². The van der Waals surface area contributed by atoms with Gasteiger partial charge in [-0.1, -0.05) is 43.3 Å². The van der Waals surface area contributed by atoms with Crippen molar-refractivity contribution in [2.24, 2.45) is 0 Å². The van der Waals surface area contributed by atoms with Crippen LogP contribution in [-0.4, -0.2) is 18.3 Å². The minimum atomic E-state index is -0.281. The van der Waals surface area contributed by atoms with E-state index in [0.717, 1.165) is 12.0 Å². The summed E-state index contributed by atoms with van der Waals surface area (Å²) in [6.07, 6.45) is 1.33. The first-order valence-corrected chi connectivity index (χ1v) is 7.39. The van der Waals surface area contributed by atoms with Gasteiger partial charge in [0.05, 0.1) is 13.5 Å². The predicted molar refractivity (Wildman–Crippen MR) is 85.6 cm³/mol. The minimum absolute atomic E-state index is 0.0985. The molecule has 0 amide bonds. The zero-order chi connectivity index (χ0) is 16.7. The summed E-state index contributed by atoms with van der Waals surface area (Å²) in [5, 5.41) is 8.75. The Hall–Kier alpha value is -2.53. The van der Waals surface area contributed by atoms with Crippen LogP contribution in [0.25, 0.3) is 0 Å². The van der Waals surface area contributed by atoms with E-state index in [1.165, 1.54) is 12.7 Å². The number of carbonyl (C=O) groups excluding carboxylic acids is 1. The van der Waals surface area contributed by atoms with Crippen LogP contribution >= 0.6 is 0 Å². The lowest BCUT2D eigenvalue weighted by Gasteiger charge is -2.19. The Kier molecular flexibility index (Phi) is 6.00. The Morgan fingerprint density at radius 2 is 1.91 bits per heavy atom. The zero-order valence-electron chi connectivity index (χ0n) is 13.2. The number of cyclic esters (lactones) is 1. The number of rotatable bonds is 3. The number of methoxy groups -OCH3 is 1. The van der Waals surface area contributed by atoms with E-state index in [0.29, 0.717) is 11.3 Å². The Labute approximate surface area is 135 Å². The second kappa shape index (κ2) is 8.19. The first-order chi connectivity index (χ1) is 11.2. The van der Waals surface area contributed by atoms with Crippen LogP contribution in [0.2, 0.25) is 0 Å². The van der Waals surface area contributed by atoms with Crippen LogP contribution in [0.15, 0.2) is 42.5 Å². The fourth-order valence-electron chi connectivity index (χ4n) is 2.30. The van der Waals surface area contributed by atoms with Gasteiger partial charge < -0.3 is 14.4 Å². The largest absolute Gasteiger partial charge is 0.493 e. The topological polar surface area (TPSA) is 65.0 Å². The van der Waals surface area contributed by atoms with Crippen molar-refractivity contribution in [3.05, 3.63) is 59.2 Å². The van der Waals surface area contributed by atoms with Gasteiger partial charge in [-0.15, -0.1) is 0 Å². The molecule has 3 rings (SSSR count). The van der Waals surface area contributed by atoms with E-state index < -0.39 is 0 Å². The van der Waals surface area contributed by atoms with Crippen molar-refractivity contribution in [2.75, 3.05) is 7.11 Å². The van der Waals surface area contributed by atoms with Crippen molar-refractivity contribution in [1.29, 1.82) is 0 Å². The van der Waals surface area contributed by atoms with Crippen molar-refractivity contribution in [3.63, 3.8) is 0 Å². The first kappa shape index (κ1) is 16.8. The van der Waals surface area contributed by atoms with Gasteiger partial charge in [0.1, 0.15) is 6.61 Å². The lowest BCUT2D eigenvalue weighted by Crippen LogP contribution is -2.17. The molecule has 0 aromatic heterocycles. The van der Waals surface area contributed by atoms with Crippen LogP contribution in [0.1, 0.15) is 23.6 Å². The van der Waals surface area contributed by atoms with Gasteiger partial charge in [0.15, 0.2) is 5.75 Å². The fourth-order valence-corrected chi connectivity index (χ4v) is 2.30. The molecule has 23 heavy (non-hydrogen) atoms. The second-order valence-corrected chi connectivity index (χ2v) is 5.00. The summed E-state index contributed by atoms with van der Waals surface area (Å²) in [6.45, 7) is 2.26. The highest BCUT2D eigenvalue weighted by Gasteiger charge is 2.23. The fraction of sp³-hybridized carbons (Fsp3) is 0.278. The maximum atomic E-state index is 11.0. The lowest BCUT2D eigenvalue weighted by molar-refractivity contribution is -0.149. The van der Waals surface area contributed by atoms with E-state index in [-0.39, 0.29) is 24.7 Å². The number of carbonyl (C=O) groups is 1. The molecule has 0 radical (unpaired) electrons. The third-order valence-corrected chi connectivity index (χ3v) is 3.60. The molecule has 0 spiro atoms. The van der Waals surface area contributed by atoms with Crippen LogP contribution in [0.3, 0.4) is 0 Å². The van der Waals surface area contributed by atoms with Crippen LogP contribution in [-0.2, 0) is 29.0 Å². The molecule has 5 nitrogen and oxygen atoms in total. The molecule has 1 heterocycles. The lowest BCUT2D eigenvalue weighted by atomic mass is 10.0. The van der Waals surface area contributed by atoms with E-state index in [2.05, 4.69) is 36.1 Å². The van der Waals surface area contributed by atoms with E-state index in [9.17, 15) is 4.79 Å². The second-order valence-electron chi connectivity index (χ2n) is 5.00. The summed E-state index contributed by atoms with van der Waals surface area (Å²) in [4.78, 5) is 15.3. The molecular formula is C18H20O5. The summed E-state index contributed by atoms with van der Waals surface area (Å²) < 4.78 is 9.86. The normalized spacial score (nSPS) is 12.4. The Bertz CT molecular complexity index is 652. The average Bonchev–Trinajstić information content (AvgIpc) is 2.61. The molecule has 5 heteroatoms. The maximum absolute atomic E-state index is 11.0. The summed E-state index contributed by atoms with van der Waals surface area (Å²) in [5.74, 6) is 0.341. The summed E-state index contributed by atoms with van der Waals surface area (Å²) in [6, 6.07) is 13.9. The standard InChI is InChI=1S/C10H10O5.C8H10/c1-13-8-3-2-6-4-9(11)14-5-7(6)10(8)15-12;1-2-8-6-4-3-5-7-8/h2-3,12H,4-5H2,1H3;3-7H,2H2,1H3. The molecular weight excluding hydrogens is 296 g/mol. The quantitative estimate of drug-likeness (QED) is 0.534. The van der Waals surface area contributed by atoms with Crippen molar-refractivity contribution in [1.82, 2.24) is 0 Å². The van der Waals surface area contributed by atoms with E-state index >= 15 is 0 Å². The van der Waals surface area contributed by atoms with Crippen molar-refractivity contribution in [2.45, 2.75) is 26.4 Å². The summed E-state index contributed by atoms with van der Waals surface area (Å²) in [5.41, 5.74) is 2.85. The molecule has 0 bridgehead atoms. The van der Waals surface area contributed by atoms with Crippen molar-refractivity contribution >= 4 is 5.97 Å². The molecule has 1 aliphatic rings. The smallest absolute Gasteiger partial charge is 0.310 e. The highest BCUT2D eigenvalue weighted by atomic mass is 17.1. The van der Waals surface area contributed by atoms with Crippen molar-refractivity contribution < 1.29 is 24.4 Å². The molecule has 2 aromatic carbocycles. The molecule has 0 saturated carbocycles. The van der Waals surface area contributed by atoms with Crippen molar-refractivity contribution in [3.8, 4) is 11.5 Å². The number of hydrogen-bond donors (Lipinski definition) is 1. The molecule has 122 valence electrons. The van der Waals surface area contributed by atoms with E-state index in [4.69, 9.17) is 14.7 Å². The Morgan fingerprint density at radius 3 is 2.48 bits per heavy atom. The SMILES string of the molecule is CCc1ccccc1.COc1ccc2c(c1OO)COC(=O)C2. The molecule has 0 aliphatic carbocycles. The van der Waals surface area contributed by atoms with Crippen LogP contribution < -0.4 is 9.62 Å². The highest BCUT2D eigenvalue weighted by Crippen LogP contribution is 2.35. The van der Waals surface area contributed by atoms with Gasteiger partial charge in [0.2, 0.25) is 5.75 Å². The summed E-state index contributed by atoms with van der Waals surface area (Å²) in [7, 11) is 1.47. The molecule has 1 N–H and O–H groups in total. The maximum Gasteiger partial charge on any atom is 0.310 e. The van der Waals surface area contributed by atoms with Gasteiger partial charge in [-0.05, 0) is 23.6 Å². The van der Waals surface area contributed by atoms with Gasteiger partial charge in [-0.3, -0.25) is 4.79 Å². The number of aryl methyl sites for hydroxylation is 1. The minimum Gasteiger partial charge on any atom is -0.493 e. The van der Waals surface area contributed by atoms with E-state index in [1.807, 2.05) is 6.07 Å². The average molecular weight is 316 g/mol. The molecule has 0 fully saturated rings. The van der Waals surface area contributed by atoms with Gasteiger partial charge in [0.25, 0.3) is 0 Å². The molecule has 2 aromatic rings. The molecule has 1 aliphatic heterocycles. The molecule has 0 atom stereocenters. The molecule has 0 saturated heterocycles. The Balaban J connectivity index is 0.000000203. The van der Waals surface area contributed by atoms with Crippen LogP contribution in [0.5, 0.6) is 11.5 Å². The third kappa shape index (κ3) is 4.23. The number of fused-ring (bicyclic) bond motifs is 1.